The van der Waals surface area contributed by atoms with Gasteiger partial charge in [0.1, 0.15) is 5.75 Å². The van der Waals surface area contributed by atoms with E-state index >= 15 is 0 Å². The maximum atomic E-state index is 9.54. The molecular weight excluding hydrogens is 202 g/mol. The largest absolute Gasteiger partial charge is 0.508 e. The first kappa shape index (κ1) is 10.5. The summed E-state index contributed by atoms with van der Waals surface area (Å²) < 4.78 is 1.77. The Hall–Kier alpha value is -1.97. The summed E-state index contributed by atoms with van der Waals surface area (Å²) in [4.78, 5) is 0. The quantitative estimate of drug-likeness (QED) is 0.827. The predicted octanol–water partition coefficient (Wildman–Crippen LogP) is 2.05. The van der Waals surface area contributed by atoms with E-state index in [1.807, 2.05) is 38.5 Å². The van der Waals surface area contributed by atoms with Crippen molar-refractivity contribution in [1.29, 1.82) is 0 Å². The van der Waals surface area contributed by atoms with Crippen LogP contribution in [0.25, 0.3) is 0 Å². The van der Waals surface area contributed by atoms with Gasteiger partial charge in [-0.2, -0.15) is 5.10 Å². The molecule has 2 rings (SSSR count). The summed E-state index contributed by atoms with van der Waals surface area (Å²) in [6.45, 7) is 2.58. The van der Waals surface area contributed by atoms with Gasteiger partial charge in [0.05, 0.1) is 6.20 Å². The third-order valence-corrected chi connectivity index (χ3v) is 2.46. The van der Waals surface area contributed by atoms with Gasteiger partial charge in [0.25, 0.3) is 0 Å². The Morgan fingerprint density at radius 3 is 2.88 bits per heavy atom. The average molecular weight is 217 g/mol. The third-order valence-electron chi connectivity index (χ3n) is 2.46. The number of aromatic nitrogens is 2. The molecule has 1 aromatic heterocycles. The number of anilines is 1. The van der Waals surface area contributed by atoms with E-state index in [2.05, 4.69) is 10.4 Å². The normalized spacial score (nSPS) is 10.4. The van der Waals surface area contributed by atoms with Crippen LogP contribution in [0.15, 0.2) is 30.6 Å². The predicted molar refractivity (Wildman–Crippen MR) is 63.4 cm³/mol. The van der Waals surface area contributed by atoms with Gasteiger partial charge < -0.3 is 10.4 Å². The number of rotatable bonds is 3. The zero-order valence-corrected chi connectivity index (χ0v) is 9.44. The van der Waals surface area contributed by atoms with Crippen LogP contribution in [-0.4, -0.2) is 14.9 Å². The molecule has 4 nitrogen and oxygen atoms in total. The number of hydrogen-bond donors (Lipinski definition) is 2. The van der Waals surface area contributed by atoms with Gasteiger partial charge in [-0.15, -0.1) is 0 Å². The fraction of sp³-hybridized carbons (Fsp3) is 0.250. The third kappa shape index (κ3) is 2.34. The lowest BCUT2D eigenvalue weighted by molar-refractivity contribution is 0.471. The first-order chi connectivity index (χ1) is 7.65. The van der Waals surface area contributed by atoms with Gasteiger partial charge in [-0.05, 0) is 18.6 Å². The summed E-state index contributed by atoms with van der Waals surface area (Å²) in [5.41, 5.74) is 2.90. The standard InChI is InChI=1S/C12H15N3O/c1-9-3-4-11(5-12(9)16)13-6-10-7-14-15(2)8-10/h3-5,7-8,13,16H,6H2,1-2H3. The molecule has 84 valence electrons. The van der Waals surface area contributed by atoms with Gasteiger partial charge in [0, 0.05) is 37.1 Å². The van der Waals surface area contributed by atoms with Crippen LogP contribution in [0.2, 0.25) is 0 Å². The number of phenolic OH excluding ortho intramolecular Hbond substituents is 1. The van der Waals surface area contributed by atoms with Gasteiger partial charge in [0.2, 0.25) is 0 Å². The molecule has 0 atom stereocenters. The van der Waals surface area contributed by atoms with E-state index in [0.29, 0.717) is 12.3 Å². The minimum atomic E-state index is 0.316. The lowest BCUT2D eigenvalue weighted by Gasteiger charge is -2.06. The molecule has 2 N–H and O–H groups in total. The first-order valence-electron chi connectivity index (χ1n) is 5.16. The summed E-state index contributed by atoms with van der Waals surface area (Å²) in [5.74, 6) is 0.316. The summed E-state index contributed by atoms with van der Waals surface area (Å²) in [5, 5.41) is 16.9. The monoisotopic (exact) mass is 217 g/mol. The van der Waals surface area contributed by atoms with Crippen LogP contribution in [0.5, 0.6) is 5.75 Å². The van der Waals surface area contributed by atoms with Gasteiger partial charge in [-0.3, -0.25) is 4.68 Å². The van der Waals surface area contributed by atoms with E-state index < -0.39 is 0 Å². The Bertz CT molecular complexity index is 491. The fourth-order valence-corrected chi connectivity index (χ4v) is 1.49. The minimum Gasteiger partial charge on any atom is -0.508 e. The Morgan fingerprint density at radius 1 is 1.44 bits per heavy atom. The van der Waals surface area contributed by atoms with Crippen LogP contribution in [0, 0.1) is 6.92 Å². The molecule has 4 heteroatoms. The Morgan fingerprint density at radius 2 is 2.25 bits per heavy atom. The SMILES string of the molecule is Cc1ccc(NCc2cnn(C)c2)cc1O. The van der Waals surface area contributed by atoms with E-state index in [9.17, 15) is 5.11 Å². The van der Waals surface area contributed by atoms with Crippen molar-refractivity contribution in [3.63, 3.8) is 0 Å². The fourth-order valence-electron chi connectivity index (χ4n) is 1.49. The van der Waals surface area contributed by atoms with Crippen LogP contribution in [0.3, 0.4) is 0 Å². The number of phenols is 1. The maximum absolute atomic E-state index is 9.54. The topological polar surface area (TPSA) is 50.1 Å². The van der Waals surface area contributed by atoms with Gasteiger partial charge in [-0.25, -0.2) is 0 Å². The van der Waals surface area contributed by atoms with Crippen molar-refractivity contribution in [2.75, 3.05) is 5.32 Å². The molecule has 0 saturated heterocycles. The van der Waals surface area contributed by atoms with Crippen LogP contribution >= 0.6 is 0 Å². The van der Waals surface area contributed by atoms with Crippen molar-refractivity contribution in [2.24, 2.45) is 7.05 Å². The average Bonchev–Trinajstić information content (AvgIpc) is 2.66. The number of aryl methyl sites for hydroxylation is 2. The molecule has 0 amide bonds. The molecule has 0 spiro atoms. The molecule has 1 aromatic carbocycles. The first-order valence-corrected chi connectivity index (χ1v) is 5.16. The number of benzene rings is 1. The highest BCUT2D eigenvalue weighted by atomic mass is 16.3. The Balaban J connectivity index is 2.02. The highest BCUT2D eigenvalue weighted by molar-refractivity contribution is 5.51. The summed E-state index contributed by atoms with van der Waals surface area (Å²) >= 11 is 0. The van der Waals surface area contributed by atoms with Crippen LogP contribution in [0.4, 0.5) is 5.69 Å². The summed E-state index contributed by atoms with van der Waals surface area (Å²) in [6, 6.07) is 5.57. The zero-order valence-electron chi connectivity index (χ0n) is 9.44. The zero-order chi connectivity index (χ0) is 11.5. The summed E-state index contributed by atoms with van der Waals surface area (Å²) in [7, 11) is 1.89. The van der Waals surface area contributed by atoms with Crippen molar-refractivity contribution < 1.29 is 5.11 Å². The second-order valence-electron chi connectivity index (χ2n) is 3.88. The molecule has 1 heterocycles. The van der Waals surface area contributed by atoms with Gasteiger partial charge >= 0.3 is 0 Å². The molecule has 16 heavy (non-hydrogen) atoms. The molecule has 0 radical (unpaired) electrons. The maximum Gasteiger partial charge on any atom is 0.120 e. The number of nitrogens with zero attached hydrogens (tertiary/aromatic N) is 2. The second kappa shape index (κ2) is 4.26. The lowest BCUT2D eigenvalue weighted by Crippen LogP contribution is -1.98. The smallest absolute Gasteiger partial charge is 0.120 e. The van der Waals surface area contributed by atoms with Crippen molar-refractivity contribution in [3.8, 4) is 5.75 Å². The molecule has 0 aliphatic carbocycles. The highest BCUT2D eigenvalue weighted by Crippen LogP contribution is 2.21. The van der Waals surface area contributed by atoms with Crippen molar-refractivity contribution in [1.82, 2.24) is 9.78 Å². The van der Waals surface area contributed by atoms with Crippen LogP contribution in [-0.2, 0) is 13.6 Å². The minimum absolute atomic E-state index is 0.316. The summed E-state index contributed by atoms with van der Waals surface area (Å²) in [6.07, 6.45) is 3.78. The van der Waals surface area contributed by atoms with E-state index in [0.717, 1.165) is 16.8 Å². The highest BCUT2D eigenvalue weighted by Gasteiger charge is 1.99. The lowest BCUT2D eigenvalue weighted by atomic mass is 10.2. The molecular formula is C12H15N3O. The number of nitrogens with one attached hydrogen (secondary N) is 1. The van der Waals surface area contributed by atoms with Crippen molar-refractivity contribution >= 4 is 5.69 Å². The van der Waals surface area contributed by atoms with E-state index in [1.165, 1.54) is 0 Å². The van der Waals surface area contributed by atoms with Gasteiger partial charge in [0.15, 0.2) is 0 Å². The number of hydrogen-bond acceptors (Lipinski definition) is 3. The molecule has 0 bridgehead atoms. The molecule has 0 fully saturated rings. The van der Waals surface area contributed by atoms with E-state index in [1.54, 1.807) is 10.7 Å². The van der Waals surface area contributed by atoms with Crippen LogP contribution in [0.1, 0.15) is 11.1 Å². The Labute approximate surface area is 94.5 Å². The molecule has 0 saturated carbocycles. The van der Waals surface area contributed by atoms with Crippen LogP contribution < -0.4 is 5.32 Å². The molecule has 0 aliphatic heterocycles. The molecule has 0 unspecified atom stereocenters. The molecule has 0 aliphatic rings. The number of aromatic hydroxyl groups is 1. The Kier molecular flexibility index (Phi) is 2.81. The van der Waals surface area contributed by atoms with Gasteiger partial charge in [-0.1, -0.05) is 6.07 Å². The van der Waals surface area contributed by atoms with E-state index in [4.69, 9.17) is 0 Å². The second-order valence-corrected chi connectivity index (χ2v) is 3.88. The van der Waals surface area contributed by atoms with Crippen molar-refractivity contribution in [3.05, 3.63) is 41.7 Å². The van der Waals surface area contributed by atoms with Crippen molar-refractivity contribution in [2.45, 2.75) is 13.5 Å². The van der Waals surface area contributed by atoms with E-state index in [-0.39, 0.29) is 0 Å². The molecule has 2 aromatic rings.